The second-order valence-electron chi connectivity index (χ2n) is 5.09. The Labute approximate surface area is 123 Å². The van der Waals surface area contributed by atoms with Crippen molar-refractivity contribution in [1.82, 2.24) is 4.31 Å². The molecule has 1 amide bonds. The second kappa shape index (κ2) is 5.30. The Morgan fingerprint density at radius 3 is 2.52 bits per heavy atom. The number of carboxylic acids is 1. The van der Waals surface area contributed by atoms with Gasteiger partial charge in [0.25, 0.3) is 5.91 Å². The van der Waals surface area contributed by atoms with Gasteiger partial charge < -0.3 is 10.8 Å². The topological polar surface area (TPSA) is 124 Å². The molecule has 0 spiro atoms. The predicted molar refractivity (Wildman–Crippen MR) is 78.1 cm³/mol. The van der Waals surface area contributed by atoms with E-state index >= 15 is 0 Å². The average Bonchev–Trinajstić information content (AvgIpc) is 2.64. The third-order valence-electron chi connectivity index (χ3n) is 3.63. The van der Waals surface area contributed by atoms with Crippen LogP contribution in [0.1, 0.15) is 30.1 Å². The summed E-state index contributed by atoms with van der Waals surface area (Å²) < 4.78 is 21.5. The summed E-state index contributed by atoms with van der Waals surface area (Å²) in [5, 5.41) is 9.50. The molecular formula is C13H18N2O5S. The highest BCUT2D eigenvalue weighted by molar-refractivity contribution is 8.23. The van der Waals surface area contributed by atoms with Crippen molar-refractivity contribution in [3.8, 4) is 0 Å². The average molecular weight is 314 g/mol. The number of fused-ring (bicyclic) bond motifs is 1. The van der Waals surface area contributed by atoms with Gasteiger partial charge in [-0.3, -0.25) is 13.9 Å². The molecule has 1 aromatic rings. The zero-order valence-electron chi connectivity index (χ0n) is 11.5. The summed E-state index contributed by atoms with van der Waals surface area (Å²) in [6.45, 7) is 1.56. The van der Waals surface area contributed by atoms with Gasteiger partial charge >= 0.3 is 5.97 Å². The van der Waals surface area contributed by atoms with Gasteiger partial charge in [0.2, 0.25) is 0 Å². The third kappa shape index (κ3) is 2.30. The zero-order valence-corrected chi connectivity index (χ0v) is 12.3. The summed E-state index contributed by atoms with van der Waals surface area (Å²) in [7, 11) is -3.67. The molecule has 7 nitrogen and oxygen atoms in total. The largest absolute Gasteiger partial charge is 0.479 e. The molecule has 0 bridgehead atoms. The van der Waals surface area contributed by atoms with Crippen molar-refractivity contribution in [2.75, 3.05) is 6.54 Å². The number of carbonyl (C=O) groups is 2. The number of amides is 1. The molecule has 1 unspecified atom stereocenters. The zero-order chi connectivity index (χ0) is 15.8. The molecule has 0 aliphatic carbocycles. The molecular weight excluding hydrogens is 296 g/mol. The molecule has 116 valence electrons. The Hall–Kier alpha value is -1.61. The summed E-state index contributed by atoms with van der Waals surface area (Å²) in [6.07, 6.45) is 0.382. The lowest BCUT2D eigenvalue weighted by atomic mass is 9.95. The second-order valence-corrected chi connectivity index (χ2v) is 6.93. The molecule has 1 aliphatic rings. The molecule has 5 N–H and O–H groups in total. The number of nitrogens with zero attached hydrogens (tertiary/aromatic N) is 1. The fourth-order valence-electron chi connectivity index (χ4n) is 2.45. The first-order valence-electron chi connectivity index (χ1n) is 6.42. The van der Waals surface area contributed by atoms with E-state index in [0.717, 1.165) is 0 Å². The molecule has 1 atom stereocenters. The molecule has 8 heteroatoms. The van der Waals surface area contributed by atoms with Gasteiger partial charge in [-0.25, -0.2) is 9.10 Å². The number of hydrogen-bond donors (Lipinski definition) is 4. The number of hydrogen-bond acceptors (Lipinski definition) is 5. The maximum atomic E-state index is 12.5. The predicted octanol–water partition coefficient (Wildman–Crippen LogP) is 1.75. The minimum atomic E-state index is -3.67. The van der Waals surface area contributed by atoms with Crippen LogP contribution >= 0.6 is 10.8 Å². The van der Waals surface area contributed by atoms with Gasteiger partial charge in [-0.2, -0.15) is 0 Å². The summed E-state index contributed by atoms with van der Waals surface area (Å²) in [4.78, 5) is 24.2. The van der Waals surface area contributed by atoms with Crippen molar-refractivity contribution in [3.05, 3.63) is 29.8 Å². The smallest absolute Gasteiger partial charge is 0.331 e. The monoisotopic (exact) mass is 314 g/mol. The lowest BCUT2D eigenvalue weighted by Crippen LogP contribution is -2.53. The first-order valence-corrected chi connectivity index (χ1v) is 7.92. The van der Waals surface area contributed by atoms with E-state index in [1.54, 1.807) is 12.1 Å². The lowest BCUT2D eigenvalue weighted by molar-refractivity contribution is -0.147. The quantitative estimate of drug-likeness (QED) is 0.656. The number of carbonyl (C=O) groups excluding carboxylic acids is 1. The minimum Gasteiger partial charge on any atom is -0.479 e. The van der Waals surface area contributed by atoms with Crippen LogP contribution in [-0.2, 0) is 4.79 Å². The van der Waals surface area contributed by atoms with E-state index < -0.39 is 28.2 Å². The summed E-state index contributed by atoms with van der Waals surface area (Å²) in [5.41, 5.74) is 3.80. The molecule has 0 saturated carbocycles. The maximum Gasteiger partial charge on any atom is 0.331 e. The van der Waals surface area contributed by atoms with Crippen LogP contribution in [0.2, 0.25) is 0 Å². The summed E-state index contributed by atoms with van der Waals surface area (Å²) in [5.74, 6) is -1.98. The van der Waals surface area contributed by atoms with Gasteiger partial charge in [0, 0.05) is 0 Å². The van der Waals surface area contributed by atoms with E-state index in [0.29, 0.717) is 10.7 Å². The molecule has 0 aromatic heterocycles. The number of aliphatic carboxylic acids is 1. The normalized spacial score (nSPS) is 20.8. The summed E-state index contributed by atoms with van der Waals surface area (Å²) in [6, 6.07) is 6.04. The molecule has 1 aliphatic heterocycles. The van der Waals surface area contributed by atoms with Gasteiger partial charge in [0.15, 0.2) is 5.54 Å². The van der Waals surface area contributed by atoms with Crippen LogP contribution in [0.15, 0.2) is 29.2 Å². The van der Waals surface area contributed by atoms with Crippen molar-refractivity contribution < 1.29 is 23.8 Å². The molecule has 1 aromatic carbocycles. The van der Waals surface area contributed by atoms with Gasteiger partial charge in [0.1, 0.15) is 0 Å². The number of carboxylic acid groups (broad SMARTS) is 1. The Morgan fingerprint density at radius 1 is 1.38 bits per heavy atom. The molecule has 1 heterocycles. The van der Waals surface area contributed by atoms with Crippen LogP contribution < -0.4 is 5.73 Å². The van der Waals surface area contributed by atoms with Crippen molar-refractivity contribution in [1.29, 1.82) is 0 Å². The molecule has 0 radical (unpaired) electrons. The van der Waals surface area contributed by atoms with E-state index in [1.807, 2.05) is 0 Å². The fourth-order valence-corrected chi connectivity index (χ4v) is 4.42. The molecule has 0 saturated heterocycles. The van der Waals surface area contributed by atoms with Gasteiger partial charge in [-0.15, -0.1) is 0 Å². The maximum absolute atomic E-state index is 12.5. The van der Waals surface area contributed by atoms with Crippen molar-refractivity contribution in [2.24, 2.45) is 5.73 Å². The van der Waals surface area contributed by atoms with Crippen LogP contribution in [0.5, 0.6) is 0 Å². The van der Waals surface area contributed by atoms with Crippen molar-refractivity contribution >= 4 is 22.7 Å². The standard InChI is InChI=1S/C13H18N2O5S/c1-13(12(17)18,7-4-8-14)15-11(16)9-5-2-3-6-10(9)21(15,19)20/h2-3,5-6,19-20H,4,7-8,14H2,1H3,(H,17,18). The lowest BCUT2D eigenvalue weighted by Gasteiger charge is -2.45. The Kier molecular flexibility index (Phi) is 3.98. The minimum absolute atomic E-state index is 0.0361. The van der Waals surface area contributed by atoms with Crippen LogP contribution in [0.3, 0.4) is 0 Å². The molecule has 21 heavy (non-hydrogen) atoms. The Morgan fingerprint density at radius 2 is 2.00 bits per heavy atom. The molecule has 2 rings (SSSR count). The molecule has 0 fully saturated rings. The first kappa shape index (κ1) is 15.8. The van der Waals surface area contributed by atoms with Crippen LogP contribution in [-0.4, -0.2) is 42.5 Å². The van der Waals surface area contributed by atoms with E-state index in [2.05, 4.69) is 0 Å². The first-order chi connectivity index (χ1) is 9.76. The summed E-state index contributed by atoms with van der Waals surface area (Å²) >= 11 is 0. The van der Waals surface area contributed by atoms with Gasteiger partial charge in [-0.05, 0) is 38.4 Å². The van der Waals surface area contributed by atoms with Crippen molar-refractivity contribution in [3.63, 3.8) is 0 Å². The van der Waals surface area contributed by atoms with Crippen LogP contribution in [0, 0.1) is 0 Å². The van der Waals surface area contributed by atoms with Crippen LogP contribution in [0.25, 0.3) is 0 Å². The van der Waals surface area contributed by atoms with E-state index in [9.17, 15) is 23.8 Å². The van der Waals surface area contributed by atoms with E-state index in [1.165, 1.54) is 19.1 Å². The highest BCUT2D eigenvalue weighted by Crippen LogP contribution is 2.61. The highest BCUT2D eigenvalue weighted by Gasteiger charge is 2.54. The highest BCUT2D eigenvalue weighted by atomic mass is 32.3. The fraction of sp³-hybridized carbons (Fsp3) is 0.385. The number of benzene rings is 1. The van der Waals surface area contributed by atoms with E-state index in [4.69, 9.17) is 5.73 Å². The van der Waals surface area contributed by atoms with Gasteiger partial charge in [0.05, 0.1) is 10.5 Å². The number of nitrogens with two attached hydrogens (primary N) is 1. The van der Waals surface area contributed by atoms with Gasteiger partial charge in [-0.1, -0.05) is 22.9 Å². The van der Waals surface area contributed by atoms with E-state index in [-0.39, 0.29) is 23.4 Å². The third-order valence-corrected chi connectivity index (χ3v) is 5.65. The van der Waals surface area contributed by atoms with Crippen molar-refractivity contribution in [2.45, 2.75) is 30.2 Å². The van der Waals surface area contributed by atoms with Crippen LogP contribution in [0.4, 0.5) is 0 Å². The Bertz CT molecular complexity index is 592. The number of rotatable bonds is 5. The Balaban J connectivity index is 2.53. The SMILES string of the molecule is CC(CCCN)(C(=O)O)N1C(=O)c2ccccc2S1(O)O.